The summed E-state index contributed by atoms with van der Waals surface area (Å²) in [6.07, 6.45) is 6.83. The molecule has 0 atom stereocenters. The molecule has 1 aromatic rings. The normalized spacial score (nSPS) is 18.3. The molecule has 2 rings (SSSR count). The quantitative estimate of drug-likeness (QED) is 0.817. The van der Waals surface area contributed by atoms with Crippen molar-refractivity contribution in [2.75, 3.05) is 0 Å². The Bertz CT molecular complexity index is 448. The highest BCUT2D eigenvalue weighted by molar-refractivity contribution is 5.90. The van der Waals surface area contributed by atoms with Gasteiger partial charge in [-0.15, -0.1) is 0 Å². The van der Waals surface area contributed by atoms with Gasteiger partial charge in [0.2, 0.25) is 0 Å². The maximum absolute atomic E-state index is 11.6. The van der Waals surface area contributed by atoms with E-state index in [-0.39, 0.29) is 11.3 Å². The number of aromatic nitrogens is 1. The monoisotopic (exact) mass is 265 g/mol. The first-order chi connectivity index (χ1) is 8.91. The van der Waals surface area contributed by atoms with Crippen LogP contribution in [-0.4, -0.2) is 16.2 Å². The molecule has 0 spiro atoms. The summed E-state index contributed by atoms with van der Waals surface area (Å²) >= 11 is 0. The van der Waals surface area contributed by atoms with E-state index in [1.807, 2.05) is 20.8 Å². The topological polar surface area (TPSA) is 63.3 Å². The summed E-state index contributed by atoms with van der Waals surface area (Å²) < 4.78 is 5.38. The van der Waals surface area contributed by atoms with E-state index in [0.29, 0.717) is 17.0 Å². The van der Waals surface area contributed by atoms with Crippen molar-refractivity contribution in [3.8, 4) is 0 Å². The molecule has 1 aliphatic rings. The average Bonchev–Trinajstić information content (AvgIpc) is 2.59. The van der Waals surface area contributed by atoms with Crippen molar-refractivity contribution in [1.82, 2.24) is 5.16 Å². The number of aromatic carboxylic acids is 1. The van der Waals surface area contributed by atoms with Gasteiger partial charge in [0, 0.05) is 11.3 Å². The van der Waals surface area contributed by atoms with E-state index in [1.54, 1.807) is 0 Å². The summed E-state index contributed by atoms with van der Waals surface area (Å²) in [7, 11) is 0. The predicted octanol–water partition coefficient (Wildman–Crippen LogP) is 4.11. The second-order valence-corrected chi connectivity index (χ2v) is 6.52. The lowest BCUT2D eigenvalue weighted by Crippen LogP contribution is -2.16. The van der Waals surface area contributed by atoms with Crippen LogP contribution in [0.25, 0.3) is 0 Å². The molecule has 1 aromatic heterocycles. The molecule has 0 aromatic carbocycles. The van der Waals surface area contributed by atoms with Gasteiger partial charge in [0.05, 0.1) is 0 Å². The standard InChI is InChI=1S/C15H23NO3/c1-15(2,3)13-11(14(17)18)12(16-19-13)10-8-6-4-5-7-9-10/h10H,4-9H2,1-3H3,(H,17,18). The Kier molecular flexibility index (Phi) is 3.97. The van der Waals surface area contributed by atoms with E-state index < -0.39 is 5.97 Å². The van der Waals surface area contributed by atoms with E-state index in [0.717, 1.165) is 25.7 Å². The lowest BCUT2D eigenvalue weighted by Gasteiger charge is -2.16. The average molecular weight is 265 g/mol. The Hall–Kier alpha value is -1.32. The maximum atomic E-state index is 11.6. The fourth-order valence-corrected chi connectivity index (χ4v) is 2.85. The van der Waals surface area contributed by atoms with Crippen LogP contribution in [0.4, 0.5) is 0 Å². The van der Waals surface area contributed by atoms with Crippen LogP contribution in [0, 0.1) is 0 Å². The van der Waals surface area contributed by atoms with Crippen LogP contribution in [-0.2, 0) is 5.41 Å². The first-order valence-corrected chi connectivity index (χ1v) is 7.14. The predicted molar refractivity (Wildman–Crippen MR) is 72.6 cm³/mol. The Morgan fingerprint density at radius 1 is 1.21 bits per heavy atom. The molecule has 1 aliphatic carbocycles. The van der Waals surface area contributed by atoms with Crippen LogP contribution < -0.4 is 0 Å². The molecule has 1 heterocycles. The number of rotatable bonds is 2. The number of carboxylic acids is 1. The van der Waals surface area contributed by atoms with Gasteiger partial charge in [-0.25, -0.2) is 4.79 Å². The van der Waals surface area contributed by atoms with Crippen LogP contribution in [0.2, 0.25) is 0 Å². The number of hydrogen-bond donors (Lipinski definition) is 1. The van der Waals surface area contributed by atoms with Crippen molar-refractivity contribution in [3.05, 3.63) is 17.0 Å². The Morgan fingerprint density at radius 2 is 1.79 bits per heavy atom. The molecule has 1 N–H and O–H groups in total. The van der Waals surface area contributed by atoms with Crippen molar-refractivity contribution in [1.29, 1.82) is 0 Å². The first-order valence-electron chi connectivity index (χ1n) is 7.14. The summed E-state index contributed by atoms with van der Waals surface area (Å²) in [4.78, 5) is 11.6. The molecule has 0 saturated heterocycles. The second-order valence-electron chi connectivity index (χ2n) is 6.52. The fraction of sp³-hybridized carbons (Fsp3) is 0.733. The molecule has 19 heavy (non-hydrogen) atoms. The molecule has 1 fully saturated rings. The van der Waals surface area contributed by atoms with Gasteiger partial charge >= 0.3 is 5.97 Å². The first kappa shape index (κ1) is 14.1. The highest BCUT2D eigenvalue weighted by atomic mass is 16.5. The summed E-state index contributed by atoms with van der Waals surface area (Å²) in [5.41, 5.74) is 0.641. The van der Waals surface area contributed by atoms with Crippen molar-refractivity contribution >= 4 is 5.97 Å². The van der Waals surface area contributed by atoms with E-state index in [9.17, 15) is 9.90 Å². The van der Waals surface area contributed by atoms with E-state index in [2.05, 4.69) is 5.16 Å². The largest absolute Gasteiger partial charge is 0.477 e. The van der Waals surface area contributed by atoms with E-state index >= 15 is 0 Å². The summed E-state index contributed by atoms with van der Waals surface area (Å²) in [6, 6.07) is 0. The molecule has 1 saturated carbocycles. The van der Waals surface area contributed by atoms with Crippen molar-refractivity contribution in [3.63, 3.8) is 0 Å². The number of hydrogen-bond acceptors (Lipinski definition) is 3. The molecule has 0 radical (unpaired) electrons. The Labute approximate surface area is 114 Å². The van der Waals surface area contributed by atoms with E-state index in [4.69, 9.17) is 4.52 Å². The van der Waals surface area contributed by atoms with Gasteiger partial charge < -0.3 is 9.63 Å². The van der Waals surface area contributed by atoms with Gasteiger partial charge in [0.1, 0.15) is 11.3 Å². The molecule has 4 heteroatoms. The van der Waals surface area contributed by atoms with Gasteiger partial charge in [-0.2, -0.15) is 0 Å². The summed E-state index contributed by atoms with van der Waals surface area (Å²) in [5.74, 6) is -0.168. The SMILES string of the molecule is CC(C)(C)c1onc(C2CCCCCC2)c1C(=O)O. The lowest BCUT2D eigenvalue weighted by atomic mass is 9.86. The highest BCUT2D eigenvalue weighted by Crippen LogP contribution is 2.37. The highest BCUT2D eigenvalue weighted by Gasteiger charge is 2.33. The van der Waals surface area contributed by atoms with Gasteiger partial charge in [-0.3, -0.25) is 0 Å². The van der Waals surface area contributed by atoms with Crippen LogP contribution in [0.5, 0.6) is 0 Å². The molecule has 0 unspecified atom stereocenters. The summed E-state index contributed by atoms with van der Waals surface area (Å²) in [5, 5.41) is 13.6. The van der Waals surface area contributed by atoms with Gasteiger partial charge in [-0.1, -0.05) is 51.6 Å². The van der Waals surface area contributed by atoms with Crippen molar-refractivity contribution < 1.29 is 14.4 Å². The van der Waals surface area contributed by atoms with Crippen LogP contribution in [0.1, 0.15) is 87.0 Å². The molecular formula is C15H23NO3. The van der Waals surface area contributed by atoms with E-state index in [1.165, 1.54) is 12.8 Å². The minimum Gasteiger partial charge on any atom is -0.477 e. The lowest BCUT2D eigenvalue weighted by molar-refractivity contribution is 0.0690. The van der Waals surface area contributed by atoms with Crippen LogP contribution in [0.3, 0.4) is 0 Å². The van der Waals surface area contributed by atoms with Crippen molar-refractivity contribution in [2.45, 2.75) is 70.6 Å². The van der Waals surface area contributed by atoms with Gasteiger partial charge in [0.15, 0.2) is 5.76 Å². The van der Waals surface area contributed by atoms with Crippen molar-refractivity contribution in [2.24, 2.45) is 0 Å². The zero-order chi connectivity index (χ0) is 14.0. The van der Waals surface area contributed by atoms with Crippen LogP contribution >= 0.6 is 0 Å². The molecular weight excluding hydrogens is 242 g/mol. The minimum absolute atomic E-state index is 0.244. The Balaban J connectivity index is 2.40. The Morgan fingerprint density at radius 3 is 2.26 bits per heavy atom. The number of carbonyl (C=O) groups is 1. The zero-order valence-corrected chi connectivity index (χ0v) is 12.0. The number of carboxylic acid groups (broad SMARTS) is 1. The maximum Gasteiger partial charge on any atom is 0.341 e. The number of nitrogens with zero attached hydrogens (tertiary/aromatic N) is 1. The molecule has 0 amide bonds. The molecule has 0 bridgehead atoms. The molecule has 0 aliphatic heterocycles. The molecule has 4 nitrogen and oxygen atoms in total. The third kappa shape index (κ3) is 2.99. The minimum atomic E-state index is -0.912. The third-order valence-electron chi connectivity index (χ3n) is 3.86. The van der Waals surface area contributed by atoms with Gasteiger partial charge in [0.25, 0.3) is 0 Å². The van der Waals surface area contributed by atoms with Gasteiger partial charge in [-0.05, 0) is 12.8 Å². The fourth-order valence-electron chi connectivity index (χ4n) is 2.85. The molecule has 106 valence electrons. The third-order valence-corrected chi connectivity index (χ3v) is 3.86. The zero-order valence-electron chi connectivity index (χ0n) is 12.0. The van der Waals surface area contributed by atoms with Crippen LogP contribution in [0.15, 0.2) is 4.52 Å². The second kappa shape index (κ2) is 5.35. The smallest absolute Gasteiger partial charge is 0.341 e. The summed E-state index contributed by atoms with van der Waals surface area (Å²) in [6.45, 7) is 5.87.